The van der Waals surface area contributed by atoms with Gasteiger partial charge in [0, 0.05) is 28.9 Å². The van der Waals surface area contributed by atoms with E-state index in [1.165, 1.54) is 30.5 Å². The number of nitrogen functional groups attached to an aromatic ring is 1. The van der Waals surface area contributed by atoms with Gasteiger partial charge in [-0.05, 0) is 31.4 Å². The van der Waals surface area contributed by atoms with E-state index in [9.17, 15) is 0 Å². The van der Waals surface area contributed by atoms with Crippen LogP contribution in [-0.4, -0.2) is 6.54 Å². The largest absolute Gasteiger partial charge is 0.398 e. The van der Waals surface area contributed by atoms with Gasteiger partial charge in [-0.25, -0.2) is 0 Å². The molecule has 1 aliphatic carbocycles. The highest BCUT2D eigenvalue weighted by Crippen LogP contribution is 2.56. The Bertz CT molecular complexity index is 353. The lowest BCUT2D eigenvalue weighted by atomic mass is 9.87. The Labute approximate surface area is 78.1 Å². The van der Waals surface area contributed by atoms with E-state index in [0.29, 0.717) is 5.41 Å². The lowest BCUT2D eigenvalue weighted by Gasteiger charge is -2.27. The lowest BCUT2D eigenvalue weighted by Crippen LogP contribution is -2.23. The van der Waals surface area contributed by atoms with Gasteiger partial charge in [0.2, 0.25) is 0 Å². The van der Waals surface area contributed by atoms with Crippen molar-refractivity contribution in [1.29, 1.82) is 0 Å². The molecule has 0 amide bonds. The minimum atomic E-state index is 0.464. The fourth-order valence-electron chi connectivity index (χ4n) is 2.52. The topological polar surface area (TPSA) is 38.0 Å². The van der Waals surface area contributed by atoms with E-state index in [1.807, 2.05) is 12.1 Å². The molecule has 0 saturated heterocycles. The molecule has 0 bridgehead atoms. The van der Waals surface area contributed by atoms with Crippen molar-refractivity contribution in [3.63, 3.8) is 0 Å². The third-order valence-corrected chi connectivity index (χ3v) is 3.40. The molecule has 0 unspecified atom stereocenters. The van der Waals surface area contributed by atoms with Crippen LogP contribution < -0.4 is 11.1 Å². The Morgan fingerprint density at radius 1 is 1.23 bits per heavy atom. The van der Waals surface area contributed by atoms with Crippen LogP contribution in [-0.2, 0) is 5.41 Å². The standard InChI is InChI=1S/C11H14N2/c12-8-2-1-3-9-10(8)11(4-5-11)6-7-13-9/h1-3,13H,4-7,12H2. The molecular formula is C11H14N2. The number of hydrogen-bond donors (Lipinski definition) is 2. The highest BCUT2D eigenvalue weighted by molar-refractivity contribution is 5.69. The number of rotatable bonds is 0. The molecule has 3 rings (SSSR count). The molecule has 2 aliphatic rings. The van der Waals surface area contributed by atoms with Crippen LogP contribution in [0.2, 0.25) is 0 Å². The maximum Gasteiger partial charge on any atom is 0.0399 e. The maximum atomic E-state index is 6.02. The van der Waals surface area contributed by atoms with Gasteiger partial charge in [0.25, 0.3) is 0 Å². The van der Waals surface area contributed by atoms with Crippen LogP contribution in [0.5, 0.6) is 0 Å². The second kappa shape index (κ2) is 2.19. The highest BCUT2D eigenvalue weighted by atomic mass is 14.9. The molecular weight excluding hydrogens is 160 g/mol. The van der Waals surface area contributed by atoms with Crippen LogP contribution in [0.15, 0.2) is 18.2 Å². The van der Waals surface area contributed by atoms with Gasteiger partial charge < -0.3 is 11.1 Å². The summed E-state index contributed by atoms with van der Waals surface area (Å²) in [6.07, 6.45) is 3.92. The summed E-state index contributed by atoms with van der Waals surface area (Å²) >= 11 is 0. The summed E-state index contributed by atoms with van der Waals surface area (Å²) in [7, 11) is 0. The second-order valence-electron chi connectivity index (χ2n) is 4.23. The Balaban J connectivity index is 2.21. The van der Waals surface area contributed by atoms with Gasteiger partial charge in [-0.3, -0.25) is 0 Å². The van der Waals surface area contributed by atoms with Gasteiger partial charge in [-0.2, -0.15) is 0 Å². The molecule has 68 valence electrons. The molecule has 2 heteroatoms. The number of hydrogen-bond acceptors (Lipinski definition) is 2. The Kier molecular flexibility index (Phi) is 1.22. The van der Waals surface area contributed by atoms with E-state index in [1.54, 1.807) is 0 Å². The van der Waals surface area contributed by atoms with Crippen LogP contribution >= 0.6 is 0 Å². The lowest BCUT2D eigenvalue weighted by molar-refractivity contribution is 0.624. The summed E-state index contributed by atoms with van der Waals surface area (Å²) in [5, 5.41) is 3.42. The van der Waals surface area contributed by atoms with E-state index < -0.39 is 0 Å². The number of nitrogens with one attached hydrogen (secondary N) is 1. The molecule has 13 heavy (non-hydrogen) atoms. The summed E-state index contributed by atoms with van der Waals surface area (Å²) in [6, 6.07) is 6.19. The fraction of sp³-hybridized carbons (Fsp3) is 0.455. The third kappa shape index (κ3) is 0.886. The Morgan fingerprint density at radius 3 is 2.85 bits per heavy atom. The molecule has 3 N–H and O–H groups in total. The molecule has 1 fully saturated rings. The Morgan fingerprint density at radius 2 is 2.08 bits per heavy atom. The van der Waals surface area contributed by atoms with Crippen molar-refractivity contribution < 1.29 is 0 Å². The van der Waals surface area contributed by atoms with E-state index in [-0.39, 0.29) is 0 Å². The average Bonchev–Trinajstić information content (AvgIpc) is 2.86. The molecule has 0 aromatic heterocycles. The number of benzene rings is 1. The molecule has 1 aromatic rings. The Hall–Kier alpha value is -1.18. The molecule has 2 nitrogen and oxygen atoms in total. The first-order valence-corrected chi connectivity index (χ1v) is 4.95. The molecule has 0 radical (unpaired) electrons. The van der Waals surface area contributed by atoms with Crippen molar-refractivity contribution in [3.8, 4) is 0 Å². The van der Waals surface area contributed by atoms with Crippen LogP contribution in [0.1, 0.15) is 24.8 Å². The highest BCUT2D eigenvalue weighted by Gasteiger charge is 2.47. The zero-order valence-electron chi connectivity index (χ0n) is 7.64. The number of fused-ring (bicyclic) bond motifs is 2. The van der Waals surface area contributed by atoms with E-state index in [2.05, 4.69) is 11.4 Å². The molecule has 1 aromatic carbocycles. The predicted octanol–water partition coefficient (Wildman–Crippen LogP) is 2.12. The van der Waals surface area contributed by atoms with Gasteiger partial charge in [0.05, 0.1) is 0 Å². The molecule has 1 spiro atoms. The van der Waals surface area contributed by atoms with E-state index in [0.717, 1.165) is 12.2 Å². The maximum absolute atomic E-state index is 6.02. The van der Waals surface area contributed by atoms with Crippen LogP contribution in [0, 0.1) is 0 Å². The first-order chi connectivity index (χ1) is 6.32. The zero-order valence-corrected chi connectivity index (χ0v) is 7.64. The molecule has 1 heterocycles. The van der Waals surface area contributed by atoms with Crippen molar-refractivity contribution in [2.24, 2.45) is 0 Å². The molecule has 1 saturated carbocycles. The van der Waals surface area contributed by atoms with Gasteiger partial charge in [0.1, 0.15) is 0 Å². The minimum Gasteiger partial charge on any atom is -0.398 e. The van der Waals surface area contributed by atoms with Gasteiger partial charge in [0.15, 0.2) is 0 Å². The normalized spacial score (nSPS) is 22.2. The van der Waals surface area contributed by atoms with Gasteiger partial charge in [-0.1, -0.05) is 6.07 Å². The summed E-state index contributed by atoms with van der Waals surface area (Å²) in [5.41, 5.74) is 10.1. The summed E-state index contributed by atoms with van der Waals surface area (Å²) < 4.78 is 0. The van der Waals surface area contributed by atoms with E-state index in [4.69, 9.17) is 5.73 Å². The fourth-order valence-corrected chi connectivity index (χ4v) is 2.52. The molecule has 0 atom stereocenters. The predicted molar refractivity (Wildman–Crippen MR) is 54.9 cm³/mol. The molecule has 1 aliphatic heterocycles. The minimum absolute atomic E-state index is 0.464. The van der Waals surface area contributed by atoms with E-state index >= 15 is 0 Å². The van der Waals surface area contributed by atoms with Gasteiger partial charge >= 0.3 is 0 Å². The van der Waals surface area contributed by atoms with Crippen molar-refractivity contribution in [2.45, 2.75) is 24.7 Å². The summed E-state index contributed by atoms with van der Waals surface area (Å²) in [5.74, 6) is 0. The quantitative estimate of drug-likeness (QED) is 0.591. The number of nitrogens with two attached hydrogens (primary N) is 1. The van der Waals surface area contributed by atoms with Crippen molar-refractivity contribution in [2.75, 3.05) is 17.6 Å². The summed E-state index contributed by atoms with van der Waals surface area (Å²) in [6.45, 7) is 1.11. The zero-order chi connectivity index (χ0) is 8.89. The van der Waals surface area contributed by atoms with Crippen LogP contribution in [0.25, 0.3) is 0 Å². The SMILES string of the molecule is Nc1cccc2c1C1(CCN2)CC1. The first-order valence-electron chi connectivity index (χ1n) is 4.95. The third-order valence-electron chi connectivity index (χ3n) is 3.40. The van der Waals surface area contributed by atoms with Crippen LogP contribution in [0.4, 0.5) is 11.4 Å². The number of anilines is 2. The second-order valence-corrected chi connectivity index (χ2v) is 4.23. The van der Waals surface area contributed by atoms with Crippen molar-refractivity contribution >= 4 is 11.4 Å². The van der Waals surface area contributed by atoms with Crippen LogP contribution in [0.3, 0.4) is 0 Å². The average molecular weight is 174 g/mol. The first kappa shape index (κ1) is 7.25. The summed E-state index contributed by atoms with van der Waals surface area (Å²) in [4.78, 5) is 0. The van der Waals surface area contributed by atoms with Crippen molar-refractivity contribution in [3.05, 3.63) is 23.8 Å². The monoisotopic (exact) mass is 174 g/mol. The van der Waals surface area contributed by atoms with Gasteiger partial charge in [-0.15, -0.1) is 0 Å². The smallest absolute Gasteiger partial charge is 0.0399 e. The van der Waals surface area contributed by atoms with Crippen molar-refractivity contribution in [1.82, 2.24) is 0 Å².